The molecule has 7 heteroatoms. The quantitative estimate of drug-likeness (QED) is 0.809. The zero-order valence-corrected chi connectivity index (χ0v) is 16.4. The lowest BCUT2D eigenvalue weighted by molar-refractivity contribution is 0.0671. The Morgan fingerprint density at radius 3 is 2.67 bits per heavy atom. The Morgan fingerprint density at radius 1 is 1.15 bits per heavy atom. The van der Waals surface area contributed by atoms with Crippen LogP contribution in [0.25, 0.3) is 11.0 Å². The molecule has 144 valence electrons. The van der Waals surface area contributed by atoms with Gasteiger partial charge in [0, 0.05) is 31.9 Å². The molecule has 1 amide bonds. The predicted octanol–water partition coefficient (Wildman–Crippen LogP) is 2.35. The van der Waals surface area contributed by atoms with Crippen LogP contribution in [0.15, 0.2) is 6.07 Å². The first-order valence-electron chi connectivity index (χ1n) is 9.81. The molecule has 0 aromatic carbocycles. The maximum absolute atomic E-state index is 13.1. The highest BCUT2D eigenvalue weighted by molar-refractivity contribution is 5.97. The van der Waals surface area contributed by atoms with E-state index in [0.717, 1.165) is 55.1 Å². The number of anilines is 1. The molecule has 0 spiro atoms. The van der Waals surface area contributed by atoms with Gasteiger partial charge < -0.3 is 14.5 Å². The van der Waals surface area contributed by atoms with Crippen LogP contribution in [0.2, 0.25) is 0 Å². The van der Waals surface area contributed by atoms with E-state index in [1.165, 1.54) is 6.42 Å². The number of hydrogen-bond acceptors (Lipinski definition) is 6. The second-order valence-corrected chi connectivity index (χ2v) is 7.75. The summed E-state index contributed by atoms with van der Waals surface area (Å²) in [5.41, 5.74) is 2.60. The fourth-order valence-corrected chi connectivity index (χ4v) is 4.07. The Morgan fingerprint density at radius 2 is 1.93 bits per heavy atom. The monoisotopic (exact) mass is 369 g/mol. The average molecular weight is 369 g/mol. The standard InChI is InChI=1S/C20H27N5O2/c1-13-5-4-6-25(12-13)20(26)18-22-17-16(14(2)11-15(3)21-17)19(23-18)24-7-9-27-10-8-24/h11,13H,4-10,12H2,1-3H3. The summed E-state index contributed by atoms with van der Waals surface area (Å²) in [5.74, 6) is 1.50. The first-order chi connectivity index (χ1) is 13.0. The number of morpholine rings is 1. The summed E-state index contributed by atoms with van der Waals surface area (Å²) in [7, 11) is 0. The summed E-state index contributed by atoms with van der Waals surface area (Å²) in [5, 5.41) is 0.936. The third-order valence-electron chi connectivity index (χ3n) is 5.42. The third-order valence-corrected chi connectivity index (χ3v) is 5.42. The van der Waals surface area contributed by atoms with E-state index in [1.54, 1.807) is 0 Å². The fraction of sp³-hybridized carbons (Fsp3) is 0.600. The number of hydrogen-bond donors (Lipinski definition) is 0. The van der Waals surface area contributed by atoms with E-state index in [0.29, 0.717) is 24.8 Å². The van der Waals surface area contributed by atoms with Crippen LogP contribution < -0.4 is 4.90 Å². The topological polar surface area (TPSA) is 71.5 Å². The van der Waals surface area contributed by atoms with Crippen LogP contribution in [0, 0.1) is 19.8 Å². The van der Waals surface area contributed by atoms with Crippen molar-refractivity contribution in [1.82, 2.24) is 19.9 Å². The van der Waals surface area contributed by atoms with Gasteiger partial charge in [0.2, 0.25) is 5.82 Å². The molecule has 2 aromatic heterocycles. The largest absolute Gasteiger partial charge is 0.378 e. The van der Waals surface area contributed by atoms with Gasteiger partial charge in [-0.25, -0.2) is 15.0 Å². The van der Waals surface area contributed by atoms with Crippen molar-refractivity contribution < 1.29 is 9.53 Å². The minimum Gasteiger partial charge on any atom is -0.378 e. The summed E-state index contributed by atoms with van der Waals surface area (Å²) in [6.07, 6.45) is 2.20. The van der Waals surface area contributed by atoms with Crippen molar-refractivity contribution in [2.75, 3.05) is 44.3 Å². The molecule has 2 saturated heterocycles. The van der Waals surface area contributed by atoms with Gasteiger partial charge in [-0.3, -0.25) is 4.79 Å². The van der Waals surface area contributed by atoms with E-state index in [2.05, 4.69) is 28.7 Å². The highest BCUT2D eigenvalue weighted by Gasteiger charge is 2.27. The Balaban J connectivity index is 1.80. The molecule has 0 radical (unpaired) electrons. The number of ether oxygens (including phenoxy) is 1. The molecule has 1 unspecified atom stereocenters. The lowest BCUT2D eigenvalue weighted by Crippen LogP contribution is -2.41. The molecule has 0 bridgehead atoms. The van der Waals surface area contributed by atoms with Gasteiger partial charge >= 0.3 is 0 Å². The predicted molar refractivity (Wildman–Crippen MR) is 104 cm³/mol. The molecule has 0 saturated carbocycles. The minimum atomic E-state index is -0.0843. The zero-order chi connectivity index (χ0) is 19.0. The van der Waals surface area contributed by atoms with Crippen LogP contribution in [-0.2, 0) is 4.74 Å². The van der Waals surface area contributed by atoms with Gasteiger partial charge in [-0.1, -0.05) is 6.92 Å². The lowest BCUT2D eigenvalue weighted by atomic mass is 10.0. The van der Waals surface area contributed by atoms with Crippen molar-refractivity contribution in [1.29, 1.82) is 0 Å². The van der Waals surface area contributed by atoms with E-state index < -0.39 is 0 Å². The Kier molecular flexibility index (Phi) is 4.95. The highest BCUT2D eigenvalue weighted by Crippen LogP contribution is 2.28. The Bertz CT molecular complexity index is 863. The molecular formula is C20H27N5O2. The smallest absolute Gasteiger partial charge is 0.291 e. The van der Waals surface area contributed by atoms with Gasteiger partial charge in [0.25, 0.3) is 5.91 Å². The first-order valence-corrected chi connectivity index (χ1v) is 9.81. The molecule has 2 fully saturated rings. The molecule has 2 aromatic rings. The number of amides is 1. The van der Waals surface area contributed by atoms with Crippen LogP contribution in [0.4, 0.5) is 5.82 Å². The molecule has 0 N–H and O–H groups in total. The summed E-state index contributed by atoms with van der Waals surface area (Å²) >= 11 is 0. The number of rotatable bonds is 2. The van der Waals surface area contributed by atoms with Gasteiger partial charge in [0.15, 0.2) is 5.65 Å². The zero-order valence-electron chi connectivity index (χ0n) is 16.4. The maximum atomic E-state index is 13.1. The van der Waals surface area contributed by atoms with Gasteiger partial charge in [-0.15, -0.1) is 0 Å². The minimum absolute atomic E-state index is 0.0843. The number of carbonyl (C=O) groups excluding carboxylic acids is 1. The normalized spacial score (nSPS) is 20.9. The number of piperidine rings is 1. The molecule has 7 nitrogen and oxygen atoms in total. The van der Waals surface area contributed by atoms with Crippen molar-refractivity contribution in [3.05, 3.63) is 23.1 Å². The maximum Gasteiger partial charge on any atom is 0.291 e. The fourth-order valence-electron chi connectivity index (χ4n) is 4.07. The van der Waals surface area contributed by atoms with Crippen molar-refractivity contribution >= 4 is 22.8 Å². The van der Waals surface area contributed by atoms with E-state index in [4.69, 9.17) is 9.72 Å². The van der Waals surface area contributed by atoms with Gasteiger partial charge in [0.05, 0.1) is 18.6 Å². The molecule has 1 atom stereocenters. The summed E-state index contributed by atoms with van der Waals surface area (Å²) in [6, 6.07) is 2.05. The molecule has 2 aliphatic heterocycles. The number of carbonyl (C=O) groups is 1. The van der Waals surface area contributed by atoms with Crippen molar-refractivity contribution in [3.8, 4) is 0 Å². The number of fused-ring (bicyclic) bond motifs is 1. The number of nitrogens with zero attached hydrogens (tertiary/aromatic N) is 5. The van der Waals surface area contributed by atoms with E-state index in [1.807, 2.05) is 17.9 Å². The van der Waals surface area contributed by atoms with Gasteiger partial charge in [0.1, 0.15) is 5.82 Å². The summed E-state index contributed by atoms with van der Waals surface area (Å²) in [6.45, 7) is 10.6. The lowest BCUT2D eigenvalue weighted by Gasteiger charge is -2.31. The van der Waals surface area contributed by atoms with Gasteiger partial charge in [-0.05, 0) is 44.2 Å². The van der Waals surface area contributed by atoms with Crippen molar-refractivity contribution in [2.24, 2.45) is 5.92 Å². The molecule has 2 aliphatic rings. The SMILES string of the molecule is Cc1cc(C)c2c(N3CCOCC3)nc(C(=O)N3CCCC(C)C3)nc2n1. The second kappa shape index (κ2) is 7.38. The van der Waals surface area contributed by atoms with Crippen LogP contribution >= 0.6 is 0 Å². The summed E-state index contributed by atoms with van der Waals surface area (Å²) in [4.78, 5) is 31.1. The van der Waals surface area contributed by atoms with E-state index in [9.17, 15) is 4.79 Å². The Labute approximate surface area is 159 Å². The molecular weight excluding hydrogens is 342 g/mol. The van der Waals surface area contributed by atoms with Crippen molar-refractivity contribution in [2.45, 2.75) is 33.6 Å². The summed E-state index contributed by atoms with van der Waals surface area (Å²) < 4.78 is 5.49. The average Bonchev–Trinajstić information content (AvgIpc) is 2.67. The molecule has 27 heavy (non-hydrogen) atoms. The van der Waals surface area contributed by atoms with E-state index >= 15 is 0 Å². The Hall–Kier alpha value is -2.28. The number of aromatic nitrogens is 3. The first kappa shape index (κ1) is 18.1. The van der Waals surface area contributed by atoms with Gasteiger partial charge in [-0.2, -0.15) is 0 Å². The number of aryl methyl sites for hydroxylation is 2. The third kappa shape index (κ3) is 3.60. The highest BCUT2D eigenvalue weighted by atomic mass is 16.5. The van der Waals surface area contributed by atoms with Crippen LogP contribution in [0.3, 0.4) is 0 Å². The second-order valence-electron chi connectivity index (χ2n) is 7.75. The van der Waals surface area contributed by atoms with Crippen LogP contribution in [0.5, 0.6) is 0 Å². The van der Waals surface area contributed by atoms with Crippen molar-refractivity contribution in [3.63, 3.8) is 0 Å². The number of likely N-dealkylation sites (tertiary alicyclic amines) is 1. The number of pyridine rings is 1. The van der Waals surface area contributed by atoms with E-state index in [-0.39, 0.29) is 11.7 Å². The van der Waals surface area contributed by atoms with Crippen LogP contribution in [0.1, 0.15) is 41.6 Å². The molecule has 4 heterocycles. The molecule has 0 aliphatic carbocycles. The van der Waals surface area contributed by atoms with Crippen LogP contribution in [-0.4, -0.2) is 65.2 Å². The molecule has 4 rings (SSSR count).